The highest BCUT2D eigenvalue weighted by Gasteiger charge is 2.18. The monoisotopic (exact) mass is 219 g/mol. The van der Waals surface area contributed by atoms with Gasteiger partial charge < -0.3 is 9.47 Å². The molecule has 1 heterocycles. The second kappa shape index (κ2) is 4.79. The van der Waals surface area contributed by atoms with Gasteiger partial charge in [-0.25, -0.2) is 9.79 Å². The fourth-order valence-corrected chi connectivity index (χ4v) is 1.55. The molecule has 1 aliphatic rings. The minimum absolute atomic E-state index is 0.337. The van der Waals surface area contributed by atoms with E-state index in [9.17, 15) is 4.79 Å². The molecule has 2 rings (SSSR count). The molecule has 0 unspecified atom stereocenters. The lowest BCUT2D eigenvalue weighted by atomic mass is 10.1. The van der Waals surface area contributed by atoms with Crippen molar-refractivity contribution < 1.29 is 14.3 Å². The van der Waals surface area contributed by atoms with Crippen LogP contribution in [0.1, 0.15) is 22.8 Å². The molecule has 0 radical (unpaired) electrons. The third-order valence-electron chi connectivity index (χ3n) is 2.24. The van der Waals surface area contributed by atoms with Crippen LogP contribution >= 0.6 is 0 Å². The Morgan fingerprint density at radius 3 is 3.00 bits per heavy atom. The minimum atomic E-state index is -0.337. The van der Waals surface area contributed by atoms with Crippen LogP contribution in [0.4, 0.5) is 0 Å². The van der Waals surface area contributed by atoms with Crippen molar-refractivity contribution in [2.24, 2.45) is 4.99 Å². The van der Waals surface area contributed by atoms with E-state index in [0.717, 1.165) is 0 Å². The zero-order valence-electron chi connectivity index (χ0n) is 9.10. The highest BCUT2D eigenvalue weighted by atomic mass is 16.5. The molecular weight excluding hydrogens is 206 g/mol. The molecule has 0 amide bonds. The molecule has 0 saturated heterocycles. The standard InChI is InChI=1S/C12H13NO3/c1-2-15-12(14)10-6-4-3-5-9(10)11-13-7-8-16-11/h3-6H,2,7-8H2,1H3. The topological polar surface area (TPSA) is 47.9 Å². The summed E-state index contributed by atoms with van der Waals surface area (Å²) in [5.74, 6) is 0.194. The van der Waals surface area contributed by atoms with Crippen molar-refractivity contribution in [2.75, 3.05) is 19.8 Å². The Hall–Kier alpha value is -1.84. The SMILES string of the molecule is CCOC(=O)c1ccccc1C1=NCCO1. The number of esters is 1. The second-order valence-corrected chi connectivity index (χ2v) is 3.30. The molecule has 0 saturated carbocycles. The maximum atomic E-state index is 11.7. The molecule has 4 nitrogen and oxygen atoms in total. The zero-order valence-corrected chi connectivity index (χ0v) is 9.10. The van der Waals surface area contributed by atoms with Crippen LogP contribution in [-0.4, -0.2) is 31.6 Å². The number of hydrogen-bond acceptors (Lipinski definition) is 4. The molecule has 0 aliphatic carbocycles. The minimum Gasteiger partial charge on any atom is -0.475 e. The number of carbonyl (C=O) groups excluding carboxylic acids is 1. The molecule has 0 spiro atoms. The molecule has 0 fully saturated rings. The number of nitrogens with zero attached hydrogens (tertiary/aromatic N) is 1. The van der Waals surface area contributed by atoms with Gasteiger partial charge in [-0.2, -0.15) is 0 Å². The Bertz CT molecular complexity index is 426. The summed E-state index contributed by atoms with van der Waals surface area (Å²) in [5.41, 5.74) is 1.21. The van der Waals surface area contributed by atoms with Crippen LogP contribution in [0.25, 0.3) is 0 Å². The number of rotatable bonds is 3. The van der Waals surface area contributed by atoms with E-state index in [0.29, 0.717) is 36.8 Å². The third-order valence-corrected chi connectivity index (χ3v) is 2.24. The molecule has 0 N–H and O–H groups in total. The van der Waals surface area contributed by atoms with Gasteiger partial charge in [0.2, 0.25) is 5.90 Å². The van der Waals surface area contributed by atoms with Crippen LogP contribution in [0.2, 0.25) is 0 Å². The van der Waals surface area contributed by atoms with Crippen molar-refractivity contribution in [3.05, 3.63) is 35.4 Å². The Kier molecular flexibility index (Phi) is 3.19. The first-order valence-electron chi connectivity index (χ1n) is 5.26. The molecular formula is C12H13NO3. The Balaban J connectivity index is 2.33. The van der Waals surface area contributed by atoms with Gasteiger partial charge in [0.25, 0.3) is 0 Å². The van der Waals surface area contributed by atoms with Crippen LogP contribution in [0.3, 0.4) is 0 Å². The fraction of sp³-hybridized carbons (Fsp3) is 0.333. The summed E-state index contributed by atoms with van der Waals surface area (Å²) in [5, 5.41) is 0. The number of ether oxygens (including phenoxy) is 2. The van der Waals surface area contributed by atoms with Crippen LogP contribution in [0.15, 0.2) is 29.3 Å². The van der Waals surface area contributed by atoms with Crippen molar-refractivity contribution in [1.82, 2.24) is 0 Å². The summed E-state index contributed by atoms with van der Waals surface area (Å²) in [6.45, 7) is 3.36. The summed E-state index contributed by atoms with van der Waals surface area (Å²) < 4.78 is 10.3. The van der Waals surface area contributed by atoms with Gasteiger partial charge >= 0.3 is 5.97 Å². The van der Waals surface area contributed by atoms with Gasteiger partial charge in [-0.15, -0.1) is 0 Å². The number of aliphatic imine (C=N–C) groups is 1. The molecule has 0 atom stereocenters. The van der Waals surface area contributed by atoms with Gasteiger partial charge in [-0.05, 0) is 19.1 Å². The molecule has 1 aliphatic heterocycles. The molecule has 4 heteroatoms. The Labute approximate surface area is 93.9 Å². The molecule has 84 valence electrons. The third kappa shape index (κ3) is 2.05. The largest absolute Gasteiger partial charge is 0.475 e. The van der Waals surface area contributed by atoms with Gasteiger partial charge in [0, 0.05) is 0 Å². The smallest absolute Gasteiger partial charge is 0.338 e. The lowest BCUT2D eigenvalue weighted by Crippen LogP contribution is -2.12. The normalized spacial score (nSPS) is 14.2. The molecule has 0 aromatic heterocycles. The average Bonchev–Trinajstić information content (AvgIpc) is 2.83. The maximum absolute atomic E-state index is 11.7. The van der Waals surface area contributed by atoms with Gasteiger partial charge in [0.15, 0.2) is 0 Å². The maximum Gasteiger partial charge on any atom is 0.338 e. The molecule has 16 heavy (non-hydrogen) atoms. The van der Waals surface area contributed by atoms with E-state index in [1.807, 2.05) is 12.1 Å². The van der Waals surface area contributed by atoms with Crippen molar-refractivity contribution in [3.63, 3.8) is 0 Å². The predicted molar refractivity (Wildman–Crippen MR) is 59.8 cm³/mol. The van der Waals surface area contributed by atoms with E-state index < -0.39 is 0 Å². The van der Waals surface area contributed by atoms with Crippen molar-refractivity contribution >= 4 is 11.9 Å². The van der Waals surface area contributed by atoms with E-state index in [1.54, 1.807) is 19.1 Å². The lowest BCUT2D eigenvalue weighted by molar-refractivity contribution is 0.0526. The quantitative estimate of drug-likeness (QED) is 0.726. The van der Waals surface area contributed by atoms with Gasteiger partial charge in [-0.3, -0.25) is 0 Å². The van der Waals surface area contributed by atoms with Crippen molar-refractivity contribution in [3.8, 4) is 0 Å². The van der Waals surface area contributed by atoms with Gasteiger partial charge in [0.05, 0.1) is 24.3 Å². The predicted octanol–water partition coefficient (Wildman–Crippen LogP) is 1.64. The first-order chi connectivity index (χ1) is 7.83. The van der Waals surface area contributed by atoms with Gasteiger partial charge in [0.1, 0.15) is 6.61 Å². The number of carbonyl (C=O) groups is 1. The molecule has 1 aromatic carbocycles. The van der Waals surface area contributed by atoms with E-state index >= 15 is 0 Å². The highest BCUT2D eigenvalue weighted by molar-refractivity contribution is 6.05. The van der Waals surface area contributed by atoms with Crippen LogP contribution < -0.4 is 0 Å². The van der Waals surface area contributed by atoms with Crippen LogP contribution in [0, 0.1) is 0 Å². The van der Waals surface area contributed by atoms with E-state index in [1.165, 1.54) is 0 Å². The number of benzene rings is 1. The van der Waals surface area contributed by atoms with E-state index in [-0.39, 0.29) is 5.97 Å². The van der Waals surface area contributed by atoms with Crippen molar-refractivity contribution in [1.29, 1.82) is 0 Å². The Morgan fingerprint density at radius 2 is 2.31 bits per heavy atom. The summed E-state index contributed by atoms with van der Waals surface area (Å²) in [6, 6.07) is 7.18. The summed E-state index contributed by atoms with van der Waals surface area (Å²) in [6.07, 6.45) is 0. The van der Waals surface area contributed by atoms with E-state index in [2.05, 4.69) is 4.99 Å². The highest BCUT2D eigenvalue weighted by Crippen LogP contribution is 2.14. The first-order valence-corrected chi connectivity index (χ1v) is 5.26. The molecule has 0 bridgehead atoms. The lowest BCUT2D eigenvalue weighted by Gasteiger charge is -2.08. The summed E-state index contributed by atoms with van der Waals surface area (Å²) in [7, 11) is 0. The van der Waals surface area contributed by atoms with Crippen molar-refractivity contribution in [2.45, 2.75) is 6.92 Å². The van der Waals surface area contributed by atoms with Gasteiger partial charge in [-0.1, -0.05) is 12.1 Å². The molecule has 1 aromatic rings. The average molecular weight is 219 g/mol. The van der Waals surface area contributed by atoms with Crippen LogP contribution in [-0.2, 0) is 9.47 Å². The zero-order chi connectivity index (χ0) is 11.4. The first kappa shape index (κ1) is 10.7. The number of hydrogen-bond donors (Lipinski definition) is 0. The summed E-state index contributed by atoms with van der Waals surface area (Å²) >= 11 is 0. The summed E-state index contributed by atoms with van der Waals surface area (Å²) in [4.78, 5) is 15.9. The van der Waals surface area contributed by atoms with Crippen LogP contribution in [0.5, 0.6) is 0 Å². The Morgan fingerprint density at radius 1 is 1.50 bits per heavy atom. The fourth-order valence-electron chi connectivity index (χ4n) is 1.55. The second-order valence-electron chi connectivity index (χ2n) is 3.30. The van der Waals surface area contributed by atoms with E-state index in [4.69, 9.17) is 9.47 Å².